The van der Waals surface area contributed by atoms with E-state index in [9.17, 15) is 0 Å². The van der Waals surface area contributed by atoms with Gasteiger partial charge in [0.1, 0.15) is 0 Å². The molecule has 0 aliphatic carbocycles. The van der Waals surface area contributed by atoms with E-state index in [0.717, 1.165) is 6.42 Å². The standard InChI is InChI=1S/C13H11N.H3N/c1-3-7-12-10(5-1)9-11-6-2-4-8-13(11)14-12;/h1-8,14H,9H2;1H3. The van der Waals surface area contributed by atoms with Crippen LogP contribution >= 0.6 is 0 Å². The second-order valence-corrected chi connectivity index (χ2v) is 3.62. The Labute approximate surface area is 89.5 Å². The molecule has 0 bridgehead atoms. The molecular weight excluding hydrogens is 184 g/mol. The second kappa shape index (κ2) is 3.75. The topological polar surface area (TPSA) is 47.0 Å². The fourth-order valence-corrected chi connectivity index (χ4v) is 1.94. The van der Waals surface area contributed by atoms with Gasteiger partial charge in [-0.25, -0.2) is 0 Å². The summed E-state index contributed by atoms with van der Waals surface area (Å²) in [6.07, 6.45) is 1.04. The fourth-order valence-electron chi connectivity index (χ4n) is 1.94. The van der Waals surface area contributed by atoms with Crippen molar-refractivity contribution in [2.45, 2.75) is 6.42 Å². The first-order valence-electron chi connectivity index (χ1n) is 4.86. The van der Waals surface area contributed by atoms with Gasteiger partial charge in [0.25, 0.3) is 0 Å². The number of hydrogen-bond donors (Lipinski definition) is 2. The smallest absolute Gasteiger partial charge is 0.0420 e. The second-order valence-electron chi connectivity index (χ2n) is 3.62. The molecule has 0 atom stereocenters. The minimum absolute atomic E-state index is 0. The molecule has 2 aromatic rings. The first-order chi connectivity index (χ1) is 6.93. The van der Waals surface area contributed by atoms with Crippen molar-refractivity contribution in [2.75, 3.05) is 5.32 Å². The van der Waals surface area contributed by atoms with Gasteiger partial charge in [-0.05, 0) is 23.3 Å². The Kier molecular flexibility index (Phi) is 2.44. The molecular formula is C13H14N2. The normalized spacial score (nSPS) is 11.7. The van der Waals surface area contributed by atoms with E-state index in [1.165, 1.54) is 22.5 Å². The Bertz CT molecular complexity index is 390. The number of fused-ring (bicyclic) bond motifs is 2. The van der Waals surface area contributed by atoms with Crippen LogP contribution in [0.1, 0.15) is 11.1 Å². The summed E-state index contributed by atoms with van der Waals surface area (Å²) in [6, 6.07) is 16.9. The molecule has 15 heavy (non-hydrogen) atoms. The minimum Gasteiger partial charge on any atom is -0.355 e. The highest BCUT2D eigenvalue weighted by Crippen LogP contribution is 2.31. The largest absolute Gasteiger partial charge is 0.355 e. The Morgan fingerprint density at radius 1 is 0.733 bits per heavy atom. The molecule has 0 saturated carbocycles. The van der Waals surface area contributed by atoms with Crippen LogP contribution in [-0.4, -0.2) is 0 Å². The van der Waals surface area contributed by atoms with Gasteiger partial charge in [0.05, 0.1) is 0 Å². The van der Waals surface area contributed by atoms with Crippen molar-refractivity contribution in [3.8, 4) is 0 Å². The summed E-state index contributed by atoms with van der Waals surface area (Å²) in [5.41, 5.74) is 5.25. The lowest BCUT2D eigenvalue weighted by molar-refractivity contribution is 1.16. The molecule has 0 saturated heterocycles. The predicted octanol–water partition coefficient (Wildman–Crippen LogP) is 3.50. The minimum atomic E-state index is 0. The van der Waals surface area contributed by atoms with E-state index in [0.29, 0.717) is 0 Å². The number of nitrogens with one attached hydrogen (secondary N) is 1. The molecule has 76 valence electrons. The average Bonchev–Trinajstić information content (AvgIpc) is 2.26. The van der Waals surface area contributed by atoms with E-state index in [-0.39, 0.29) is 6.15 Å². The van der Waals surface area contributed by atoms with Crippen LogP contribution in [0.2, 0.25) is 0 Å². The zero-order chi connectivity index (χ0) is 9.38. The summed E-state index contributed by atoms with van der Waals surface area (Å²) in [7, 11) is 0. The third-order valence-electron chi connectivity index (χ3n) is 2.68. The number of rotatable bonds is 0. The Hall–Kier alpha value is -1.80. The lowest BCUT2D eigenvalue weighted by atomic mass is 9.98. The molecule has 2 aromatic carbocycles. The van der Waals surface area contributed by atoms with Crippen molar-refractivity contribution in [1.29, 1.82) is 0 Å². The van der Waals surface area contributed by atoms with E-state index in [1.807, 2.05) is 0 Å². The molecule has 1 aliphatic rings. The molecule has 4 N–H and O–H groups in total. The SMILES string of the molecule is N.c1ccc2c(c1)Cc1ccccc1N2. The third-order valence-corrected chi connectivity index (χ3v) is 2.68. The van der Waals surface area contributed by atoms with Crippen molar-refractivity contribution >= 4 is 11.4 Å². The number of anilines is 2. The summed E-state index contributed by atoms with van der Waals surface area (Å²) in [4.78, 5) is 0. The maximum Gasteiger partial charge on any atom is 0.0420 e. The highest BCUT2D eigenvalue weighted by Gasteiger charge is 2.12. The van der Waals surface area contributed by atoms with E-state index >= 15 is 0 Å². The van der Waals surface area contributed by atoms with Gasteiger partial charge in [0.15, 0.2) is 0 Å². The number of hydrogen-bond acceptors (Lipinski definition) is 2. The van der Waals surface area contributed by atoms with Crippen molar-refractivity contribution in [3.63, 3.8) is 0 Å². The van der Waals surface area contributed by atoms with Crippen molar-refractivity contribution in [1.82, 2.24) is 6.15 Å². The molecule has 2 nitrogen and oxygen atoms in total. The van der Waals surface area contributed by atoms with Gasteiger partial charge in [-0.2, -0.15) is 0 Å². The molecule has 1 aliphatic heterocycles. The van der Waals surface area contributed by atoms with E-state index in [2.05, 4.69) is 53.8 Å². The maximum atomic E-state index is 3.44. The summed E-state index contributed by atoms with van der Waals surface area (Å²) >= 11 is 0. The molecule has 0 radical (unpaired) electrons. The average molecular weight is 198 g/mol. The van der Waals surface area contributed by atoms with E-state index in [4.69, 9.17) is 0 Å². The maximum absolute atomic E-state index is 3.44. The highest BCUT2D eigenvalue weighted by molar-refractivity contribution is 5.71. The zero-order valence-electron chi connectivity index (χ0n) is 8.53. The predicted molar refractivity (Wildman–Crippen MR) is 64.0 cm³/mol. The van der Waals surface area contributed by atoms with Gasteiger partial charge in [-0.15, -0.1) is 0 Å². The molecule has 0 spiro atoms. The zero-order valence-corrected chi connectivity index (χ0v) is 8.53. The molecule has 0 fully saturated rings. The van der Waals surface area contributed by atoms with E-state index in [1.54, 1.807) is 0 Å². The number of benzene rings is 2. The molecule has 0 aromatic heterocycles. The van der Waals surface area contributed by atoms with Gasteiger partial charge < -0.3 is 11.5 Å². The van der Waals surface area contributed by atoms with Crippen LogP contribution < -0.4 is 11.5 Å². The van der Waals surface area contributed by atoms with Gasteiger partial charge in [-0.3, -0.25) is 0 Å². The van der Waals surface area contributed by atoms with Crippen LogP contribution in [0.5, 0.6) is 0 Å². The summed E-state index contributed by atoms with van der Waals surface area (Å²) < 4.78 is 0. The molecule has 1 heterocycles. The van der Waals surface area contributed by atoms with Crippen LogP contribution in [0, 0.1) is 0 Å². The van der Waals surface area contributed by atoms with Crippen molar-refractivity contribution in [3.05, 3.63) is 59.7 Å². The van der Waals surface area contributed by atoms with Crippen LogP contribution in [0.4, 0.5) is 11.4 Å². The summed E-state index contributed by atoms with van der Waals surface area (Å²) in [5.74, 6) is 0. The lowest BCUT2D eigenvalue weighted by Gasteiger charge is -2.20. The monoisotopic (exact) mass is 198 g/mol. The van der Waals surface area contributed by atoms with Crippen LogP contribution in [0.25, 0.3) is 0 Å². The number of para-hydroxylation sites is 2. The summed E-state index contributed by atoms with van der Waals surface area (Å²) in [6.45, 7) is 0. The molecule has 0 amide bonds. The van der Waals surface area contributed by atoms with Crippen molar-refractivity contribution in [2.24, 2.45) is 0 Å². The highest BCUT2D eigenvalue weighted by atomic mass is 14.9. The quantitative estimate of drug-likeness (QED) is 0.580. The lowest BCUT2D eigenvalue weighted by Crippen LogP contribution is -2.05. The third kappa shape index (κ3) is 1.60. The van der Waals surface area contributed by atoms with Gasteiger partial charge in [0.2, 0.25) is 0 Å². The van der Waals surface area contributed by atoms with E-state index < -0.39 is 0 Å². The molecule has 3 rings (SSSR count). The van der Waals surface area contributed by atoms with Gasteiger partial charge in [-0.1, -0.05) is 36.4 Å². The van der Waals surface area contributed by atoms with Crippen LogP contribution in [0.15, 0.2) is 48.5 Å². The van der Waals surface area contributed by atoms with Gasteiger partial charge in [0, 0.05) is 17.8 Å². The van der Waals surface area contributed by atoms with Gasteiger partial charge >= 0.3 is 0 Å². The first kappa shape index (κ1) is 9.74. The van der Waals surface area contributed by atoms with Crippen LogP contribution in [0.3, 0.4) is 0 Å². The molecule has 0 unspecified atom stereocenters. The first-order valence-corrected chi connectivity index (χ1v) is 4.86. The molecule has 2 heteroatoms. The van der Waals surface area contributed by atoms with Crippen molar-refractivity contribution < 1.29 is 0 Å². The summed E-state index contributed by atoms with van der Waals surface area (Å²) in [5, 5.41) is 3.44. The fraction of sp³-hybridized carbons (Fsp3) is 0.0769. The Morgan fingerprint density at radius 3 is 1.73 bits per heavy atom. The van der Waals surface area contributed by atoms with Crippen LogP contribution in [-0.2, 0) is 6.42 Å². The Morgan fingerprint density at radius 2 is 1.20 bits per heavy atom. The Balaban J connectivity index is 0.000000853.